The van der Waals surface area contributed by atoms with Gasteiger partial charge in [-0.3, -0.25) is 14.4 Å². The number of amides is 2. The van der Waals surface area contributed by atoms with E-state index < -0.39 is 0 Å². The molecule has 4 aliphatic rings. The van der Waals surface area contributed by atoms with E-state index in [1.54, 1.807) is 24.4 Å². The molecule has 0 spiro atoms. The Bertz CT molecular complexity index is 1240. The van der Waals surface area contributed by atoms with Crippen molar-refractivity contribution < 1.29 is 14.3 Å². The smallest absolute Gasteiger partial charge is 0.282 e. The van der Waals surface area contributed by atoms with Gasteiger partial charge in [-0.25, -0.2) is 0 Å². The zero-order valence-electron chi connectivity index (χ0n) is 20.8. The lowest BCUT2D eigenvalue weighted by Crippen LogP contribution is -2.52. The largest absolute Gasteiger partial charge is 0.383 e. The highest BCUT2D eigenvalue weighted by Gasteiger charge is 2.32. The molecule has 0 bridgehead atoms. The molecule has 3 heterocycles. The molecular formula is C27H33N5O4. The second kappa shape index (κ2) is 10.7. The van der Waals surface area contributed by atoms with Crippen LogP contribution >= 0.6 is 0 Å². The van der Waals surface area contributed by atoms with Crippen LogP contribution in [0.5, 0.6) is 0 Å². The molecule has 9 heteroatoms. The fourth-order valence-electron chi connectivity index (χ4n) is 5.29. The second-order valence-corrected chi connectivity index (χ2v) is 9.67. The molecule has 190 valence electrons. The maximum atomic E-state index is 13.7. The molecule has 2 fully saturated rings. The standard InChI is InChI=1S/C27H33N5O4/c1-36-17-16-29-18-22(24-23(19-29)27(35)32(28-24)21-10-6-3-7-11-21)26(34)31-14-12-30(13-15-31)25(33)20-8-4-2-5-9-20/h3,6-7,10-11,18-20H,2,4-5,8-9,12-17H2,1H3. The number of benzene rings is 1. The van der Waals surface area contributed by atoms with Crippen LogP contribution in [0.25, 0.3) is 16.9 Å². The number of para-hydroxylation sites is 1. The number of rotatable bonds is 6. The van der Waals surface area contributed by atoms with Gasteiger partial charge in [-0.15, -0.1) is 0 Å². The van der Waals surface area contributed by atoms with E-state index in [-0.39, 0.29) is 23.3 Å². The minimum absolute atomic E-state index is 0.131. The zero-order valence-corrected chi connectivity index (χ0v) is 20.8. The van der Waals surface area contributed by atoms with Crippen molar-refractivity contribution in [2.45, 2.75) is 38.6 Å². The second-order valence-electron chi connectivity index (χ2n) is 9.67. The number of hydrogen-bond acceptors (Lipinski definition) is 5. The first-order chi connectivity index (χ1) is 17.6. The van der Waals surface area contributed by atoms with E-state index in [4.69, 9.17) is 4.74 Å². The maximum Gasteiger partial charge on any atom is 0.282 e. The van der Waals surface area contributed by atoms with Crippen LogP contribution in [0.2, 0.25) is 0 Å². The van der Waals surface area contributed by atoms with E-state index in [1.807, 2.05) is 39.8 Å². The Labute approximate surface area is 210 Å². The number of carbonyl (C=O) groups is 2. The molecule has 1 aromatic rings. The van der Waals surface area contributed by atoms with E-state index >= 15 is 0 Å². The van der Waals surface area contributed by atoms with Crippen molar-refractivity contribution in [1.29, 1.82) is 0 Å². The molecule has 3 aliphatic heterocycles. The number of aromatic nitrogens is 3. The van der Waals surface area contributed by atoms with Crippen molar-refractivity contribution >= 4 is 11.8 Å². The van der Waals surface area contributed by atoms with Crippen molar-refractivity contribution in [1.82, 2.24) is 24.1 Å². The highest BCUT2D eigenvalue weighted by atomic mass is 16.5. The predicted molar refractivity (Wildman–Crippen MR) is 135 cm³/mol. The molecule has 2 amide bonds. The number of hydrogen-bond donors (Lipinski definition) is 0. The highest BCUT2D eigenvalue weighted by Crippen LogP contribution is 2.27. The van der Waals surface area contributed by atoms with Crippen molar-refractivity contribution in [3.8, 4) is 16.9 Å². The van der Waals surface area contributed by atoms with Gasteiger partial charge in [-0.2, -0.15) is 9.78 Å². The summed E-state index contributed by atoms with van der Waals surface area (Å²) in [6.07, 6.45) is 8.91. The van der Waals surface area contributed by atoms with Crippen molar-refractivity contribution in [3.05, 3.63) is 58.6 Å². The number of piperazine rings is 1. The van der Waals surface area contributed by atoms with Crippen LogP contribution in [-0.4, -0.2) is 75.9 Å². The summed E-state index contributed by atoms with van der Waals surface area (Å²) < 4.78 is 8.38. The SMILES string of the molecule is COCCn1cc(C(=O)N2CCN(C(=O)C3CCCCC3)CC2)c2nn(-c3ccccc3)c(=O)c-2c1. The van der Waals surface area contributed by atoms with Crippen molar-refractivity contribution in [2.24, 2.45) is 5.92 Å². The lowest BCUT2D eigenvalue weighted by Gasteiger charge is -2.37. The van der Waals surface area contributed by atoms with Gasteiger partial charge in [0.05, 0.1) is 23.4 Å². The number of pyridine rings is 1. The van der Waals surface area contributed by atoms with Gasteiger partial charge in [-0.05, 0) is 25.0 Å². The minimum atomic E-state index is -0.264. The van der Waals surface area contributed by atoms with Gasteiger partial charge in [0, 0.05) is 58.1 Å². The first-order valence-electron chi connectivity index (χ1n) is 12.8. The molecule has 5 rings (SSSR count). The predicted octanol–water partition coefficient (Wildman–Crippen LogP) is 2.65. The Balaban J connectivity index is 1.40. The molecule has 1 saturated heterocycles. The molecule has 0 N–H and O–H groups in total. The number of methoxy groups -OCH3 is 1. The van der Waals surface area contributed by atoms with Gasteiger partial charge in [0.2, 0.25) is 5.91 Å². The fraction of sp³-hybridized carbons (Fsp3) is 0.481. The number of fused-ring (bicyclic) bond motifs is 1. The van der Waals surface area contributed by atoms with E-state index in [2.05, 4.69) is 5.10 Å². The summed E-state index contributed by atoms with van der Waals surface area (Å²) in [4.78, 5) is 43.6. The average Bonchev–Trinajstić information content (AvgIpc) is 3.28. The van der Waals surface area contributed by atoms with Crippen LogP contribution in [0, 0.1) is 5.92 Å². The van der Waals surface area contributed by atoms with Gasteiger partial charge in [0.25, 0.3) is 11.5 Å². The fourth-order valence-corrected chi connectivity index (χ4v) is 5.29. The van der Waals surface area contributed by atoms with Crippen LogP contribution < -0.4 is 5.56 Å². The van der Waals surface area contributed by atoms with Crippen LogP contribution in [0.3, 0.4) is 0 Å². The van der Waals surface area contributed by atoms with Crippen LogP contribution in [0.15, 0.2) is 47.5 Å². The molecule has 0 atom stereocenters. The molecule has 36 heavy (non-hydrogen) atoms. The third-order valence-electron chi connectivity index (χ3n) is 7.34. The van der Waals surface area contributed by atoms with E-state index in [0.29, 0.717) is 61.8 Å². The third kappa shape index (κ3) is 4.80. The Morgan fingerprint density at radius 3 is 2.36 bits per heavy atom. The molecule has 1 aromatic carbocycles. The van der Waals surface area contributed by atoms with Gasteiger partial charge >= 0.3 is 0 Å². The normalized spacial score (nSPS) is 17.0. The maximum absolute atomic E-state index is 13.7. The van der Waals surface area contributed by atoms with Crippen LogP contribution in [0.4, 0.5) is 0 Å². The summed E-state index contributed by atoms with van der Waals surface area (Å²) in [5.74, 6) is 0.195. The molecule has 1 saturated carbocycles. The lowest BCUT2D eigenvalue weighted by molar-refractivity contribution is -0.138. The number of nitrogens with zero attached hydrogens (tertiary/aromatic N) is 5. The molecule has 0 unspecified atom stereocenters. The van der Waals surface area contributed by atoms with E-state index in [1.165, 1.54) is 11.1 Å². The monoisotopic (exact) mass is 491 g/mol. The zero-order chi connectivity index (χ0) is 25.1. The van der Waals surface area contributed by atoms with Crippen LogP contribution in [-0.2, 0) is 16.1 Å². The van der Waals surface area contributed by atoms with Crippen molar-refractivity contribution in [2.75, 3.05) is 39.9 Å². The first kappa shape index (κ1) is 24.2. The quantitative estimate of drug-likeness (QED) is 0.529. The van der Waals surface area contributed by atoms with E-state index in [9.17, 15) is 14.4 Å². The Morgan fingerprint density at radius 1 is 0.972 bits per heavy atom. The van der Waals surface area contributed by atoms with Gasteiger partial charge in [-0.1, -0.05) is 37.5 Å². The highest BCUT2D eigenvalue weighted by molar-refractivity contribution is 6.00. The van der Waals surface area contributed by atoms with E-state index in [0.717, 1.165) is 25.7 Å². The summed E-state index contributed by atoms with van der Waals surface area (Å²) in [5.41, 5.74) is 1.56. The first-order valence-corrected chi connectivity index (χ1v) is 12.8. The lowest BCUT2D eigenvalue weighted by atomic mass is 9.88. The molecule has 0 aromatic heterocycles. The minimum Gasteiger partial charge on any atom is -0.383 e. The third-order valence-corrected chi connectivity index (χ3v) is 7.34. The van der Waals surface area contributed by atoms with Gasteiger partial charge < -0.3 is 19.1 Å². The molecule has 1 aliphatic carbocycles. The summed E-state index contributed by atoms with van der Waals surface area (Å²) in [6, 6.07) is 9.20. The topological polar surface area (TPSA) is 89.7 Å². The summed E-state index contributed by atoms with van der Waals surface area (Å²) >= 11 is 0. The Hall–Kier alpha value is -3.46. The van der Waals surface area contributed by atoms with Crippen molar-refractivity contribution in [3.63, 3.8) is 0 Å². The van der Waals surface area contributed by atoms with Crippen LogP contribution in [0.1, 0.15) is 42.5 Å². The molecule has 9 nitrogen and oxygen atoms in total. The number of ether oxygens (including phenoxy) is 1. The average molecular weight is 492 g/mol. The van der Waals surface area contributed by atoms with Gasteiger partial charge in [0.15, 0.2) is 0 Å². The Kier molecular flexibility index (Phi) is 7.18. The summed E-state index contributed by atoms with van der Waals surface area (Å²) in [6.45, 7) is 2.96. The Morgan fingerprint density at radius 2 is 1.67 bits per heavy atom. The number of carbonyl (C=O) groups excluding carboxylic acids is 2. The summed E-state index contributed by atoms with van der Waals surface area (Å²) in [7, 11) is 1.62. The van der Waals surface area contributed by atoms with Gasteiger partial charge in [0.1, 0.15) is 5.69 Å². The summed E-state index contributed by atoms with van der Waals surface area (Å²) in [5, 5.41) is 4.57. The molecular weight excluding hydrogens is 458 g/mol. The molecule has 0 radical (unpaired) electrons.